The zero-order chi connectivity index (χ0) is 17.7. The summed E-state index contributed by atoms with van der Waals surface area (Å²) in [5, 5.41) is 17.3. The first kappa shape index (κ1) is 17.7. The highest BCUT2D eigenvalue weighted by molar-refractivity contribution is 6.01. The van der Waals surface area contributed by atoms with E-state index >= 15 is 0 Å². The van der Waals surface area contributed by atoms with E-state index in [0.717, 1.165) is 28.6 Å². The van der Waals surface area contributed by atoms with Crippen LogP contribution >= 0.6 is 0 Å². The summed E-state index contributed by atoms with van der Waals surface area (Å²) in [4.78, 5) is 20.5. The molecule has 0 aliphatic heterocycles. The third-order valence-corrected chi connectivity index (χ3v) is 3.98. The molecular weight excluding hydrogens is 304 g/mol. The van der Waals surface area contributed by atoms with Crippen molar-refractivity contribution in [3.63, 3.8) is 0 Å². The van der Waals surface area contributed by atoms with Gasteiger partial charge >= 0.3 is 0 Å². The quantitative estimate of drug-likeness (QED) is 0.711. The van der Waals surface area contributed by atoms with Crippen LogP contribution in [-0.2, 0) is 12.8 Å². The SMILES string of the molecule is CCCc1c(O)c(CC=NC)cc2c(NC)cc(C(=O)NC)nc12. The highest BCUT2D eigenvalue weighted by Gasteiger charge is 2.18. The number of aromatic hydroxyl groups is 1. The number of nitrogens with zero attached hydrogens (tertiary/aromatic N) is 2. The van der Waals surface area contributed by atoms with E-state index in [1.165, 1.54) is 0 Å². The maximum atomic E-state index is 12.0. The molecule has 0 bridgehead atoms. The molecule has 0 saturated carbocycles. The summed E-state index contributed by atoms with van der Waals surface area (Å²) in [6.45, 7) is 2.05. The summed E-state index contributed by atoms with van der Waals surface area (Å²) < 4.78 is 0. The molecule has 6 heteroatoms. The van der Waals surface area contributed by atoms with Gasteiger partial charge in [-0.2, -0.15) is 0 Å². The molecular formula is C18H24N4O2. The second kappa shape index (κ2) is 7.77. The maximum absolute atomic E-state index is 12.0. The minimum atomic E-state index is -0.252. The zero-order valence-corrected chi connectivity index (χ0v) is 14.6. The molecule has 1 heterocycles. The van der Waals surface area contributed by atoms with Crippen LogP contribution in [0.5, 0.6) is 5.75 Å². The van der Waals surface area contributed by atoms with Crippen molar-refractivity contribution in [3.8, 4) is 5.75 Å². The largest absolute Gasteiger partial charge is 0.507 e. The molecule has 0 fully saturated rings. The van der Waals surface area contributed by atoms with Crippen LogP contribution in [0.3, 0.4) is 0 Å². The number of aliphatic imine (C=N–C) groups is 1. The summed E-state index contributed by atoms with van der Waals surface area (Å²) >= 11 is 0. The van der Waals surface area contributed by atoms with Crippen LogP contribution in [0, 0.1) is 0 Å². The van der Waals surface area contributed by atoms with Gasteiger partial charge in [0.05, 0.1) is 5.52 Å². The third-order valence-electron chi connectivity index (χ3n) is 3.98. The fourth-order valence-electron chi connectivity index (χ4n) is 2.76. The van der Waals surface area contributed by atoms with Crippen LogP contribution in [0.15, 0.2) is 17.1 Å². The van der Waals surface area contributed by atoms with E-state index in [4.69, 9.17) is 0 Å². The van der Waals surface area contributed by atoms with Crippen molar-refractivity contribution in [1.29, 1.82) is 0 Å². The Morgan fingerprint density at radius 1 is 1.38 bits per heavy atom. The Kier molecular flexibility index (Phi) is 5.73. The van der Waals surface area contributed by atoms with Crippen LogP contribution in [0.4, 0.5) is 5.69 Å². The molecule has 128 valence electrons. The van der Waals surface area contributed by atoms with Crippen LogP contribution in [0.2, 0.25) is 0 Å². The van der Waals surface area contributed by atoms with Gasteiger partial charge < -0.3 is 20.7 Å². The molecule has 2 aromatic rings. The number of hydrogen-bond acceptors (Lipinski definition) is 5. The van der Waals surface area contributed by atoms with Gasteiger partial charge in [-0.25, -0.2) is 4.98 Å². The number of anilines is 1. The predicted octanol–water partition coefficient (Wildman–Crippen LogP) is 2.54. The lowest BCUT2D eigenvalue weighted by Crippen LogP contribution is -2.19. The first-order valence-electron chi connectivity index (χ1n) is 8.06. The fourth-order valence-corrected chi connectivity index (χ4v) is 2.76. The Balaban J connectivity index is 2.81. The van der Waals surface area contributed by atoms with E-state index in [-0.39, 0.29) is 11.7 Å². The number of pyridine rings is 1. The fraction of sp³-hybridized carbons (Fsp3) is 0.389. The molecule has 0 spiro atoms. The van der Waals surface area contributed by atoms with E-state index < -0.39 is 0 Å². The minimum Gasteiger partial charge on any atom is -0.507 e. The van der Waals surface area contributed by atoms with Gasteiger partial charge in [0.1, 0.15) is 11.4 Å². The highest BCUT2D eigenvalue weighted by atomic mass is 16.3. The number of nitrogens with one attached hydrogen (secondary N) is 2. The second-order valence-electron chi connectivity index (χ2n) is 5.54. The molecule has 1 amide bonds. The van der Waals surface area contributed by atoms with E-state index in [0.29, 0.717) is 24.1 Å². The normalized spacial score (nSPS) is 11.2. The van der Waals surface area contributed by atoms with Gasteiger partial charge in [-0.1, -0.05) is 13.3 Å². The molecule has 1 aromatic carbocycles. The number of phenolic OH excluding ortho intramolecular Hbond substituents is 1. The van der Waals surface area contributed by atoms with Crippen molar-refractivity contribution in [2.45, 2.75) is 26.2 Å². The van der Waals surface area contributed by atoms with Crippen LogP contribution in [0.25, 0.3) is 10.9 Å². The van der Waals surface area contributed by atoms with E-state index in [1.54, 1.807) is 26.4 Å². The number of fused-ring (bicyclic) bond motifs is 1. The minimum absolute atomic E-state index is 0.243. The Morgan fingerprint density at radius 3 is 2.71 bits per heavy atom. The monoisotopic (exact) mass is 328 g/mol. The number of carbonyl (C=O) groups is 1. The Labute approximate surface area is 142 Å². The van der Waals surface area contributed by atoms with Gasteiger partial charge in [0.25, 0.3) is 5.91 Å². The molecule has 2 rings (SSSR count). The van der Waals surface area contributed by atoms with Crippen molar-refractivity contribution in [2.24, 2.45) is 4.99 Å². The topological polar surface area (TPSA) is 86.6 Å². The maximum Gasteiger partial charge on any atom is 0.269 e. The lowest BCUT2D eigenvalue weighted by Gasteiger charge is -2.15. The van der Waals surface area contributed by atoms with Gasteiger partial charge in [-0.15, -0.1) is 0 Å². The van der Waals surface area contributed by atoms with Crippen LogP contribution < -0.4 is 10.6 Å². The molecule has 24 heavy (non-hydrogen) atoms. The van der Waals surface area contributed by atoms with Crippen molar-refractivity contribution in [2.75, 3.05) is 26.5 Å². The van der Waals surface area contributed by atoms with E-state index in [2.05, 4.69) is 20.6 Å². The number of benzene rings is 1. The average molecular weight is 328 g/mol. The smallest absolute Gasteiger partial charge is 0.269 e. The summed E-state index contributed by atoms with van der Waals surface area (Å²) in [5.41, 5.74) is 3.39. The number of aromatic nitrogens is 1. The molecule has 3 N–H and O–H groups in total. The molecule has 0 saturated heterocycles. The Hall–Kier alpha value is -2.63. The van der Waals surface area contributed by atoms with Gasteiger partial charge in [-0.3, -0.25) is 4.79 Å². The summed E-state index contributed by atoms with van der Waals surface area (Å²) in [5.74, 6) is -0.00890. The lowest BCUT2D eigenvalue weighted by atomic mass is 9.97. The Morgan fingerprint density at radius 2 is 2.12 bits per heavy atom. The van der Waals surface area contributed by atoms with Gasteiger partial charge in [0.2, 0.25) is 0 Å². The lowest BCUT2D eigenvalue weighted by molar-refractivity contribution is 0.0958. The highest BCUT2D eigenvalue weighted by Crippen LogP contribution is 2.35. The Bertz CT molecular complexity index is 784. The zero-order valence-electron chi connectivity index (χ0n) is 14.6. The number of aryl methyl sites for hydroxylation is 1. The second-order valence-corrected chi connectivity index (χ2v) is 5.54. The number of phenols is 1. The first-order valence-corrected chi connectivity index (χ1v) is 8.06. The van der Waals surface area contributed by atoms with Crippen molar-refractivity contribution in [1.82, 2.24) is 10.3 Å². The average Bonchev–Trinajstić information content (AvgIpc) is 2.61. The van der Waals surface area contributed by atoms with Crippen molar-refractivity contribution in [3.05, 3.63) is 29.0 Å². The molecule has 0 atom stereocenters. The number of rotatable bonds is 6. The third kappa shape index (κ3) is 3.32. The molecule has 1 aromatic heterocycles. The van der Waals surface area contributed by atoms with E-state index in [1.807, 2.05) is 20.0 Å². The van der Waals surface area contributed by atoms with Gasteiger partial charge in [0, 0.05) is 56.0 Å². The summed E-state index contributed by atoms with van der Waals surface area (Å²) in [6, 6.07) is 3.64. The summed E-state index contributed by atoms with van der Waals surface area (Å²) in [6.07, 6.45) is 3.87. The number of carbonyl (C=O) groups excluding carboxylic acids is 1. The first-order chi connectivity index (χ1) is 11.6. The van der Waals surface area contributed by atoms with Gasteiger partial charge in [0.15, 0.2) is 0 Å². The number of amides is 1. The molecule has 6 nitrogen and oxygen atoms in total. The van der Waals surface area contributed by atoms with Crippen LogP contribution in [-0.4, -0.2) is 43.4 Å². The van der Waals surface area contributed by atoms with Crippen molar-refractivity contribution >= 4 is 28.7 Å². The molecule has 0 unspecified atom stereocenters. The molecule has 0 aliphatic carbocycles. The number of hydrogen-bond donors (Lipinski definition) is 3. The molecule has 0 radical (unpaired) electrons. The van der Waals surface area contributed by atoms with Gasteiger partial charge in [-0.05, 0) is 18.6 Å². The predicted molar refractivity (Wildman–Crippen MR) is 98.5 cm³/mol. The molecule has 0 aliphatic rings. The summed E-state index contributed by atoms with van der Waals surface area (Å²) in [7, 11) is 5.09. The standard InChI is InChI=1S/C18H24N4O2/c1-5-6-12-16-13(9-11(17(12)23)7-8-19-2)14(20-3)10-15(22-16)18(24)21-4/h8-10,23H,5-7H2,1-4H3,(H,20,22)(H,21,24). The van der Waals surface area contributed by atoms with Crippen LogP contribution in [0.1, 0.15) is 35.0 Å². The van der Waals surface area contributed by atoms with Crippen molar-refractivity contribution < 1.29 is 9.90 Å². The van der Waals surface area contributed by atoms with E-state index in [9.17, 15) is 9.90 Å².